The maximum atomic E-state index is 9.75. The molecule has 0 unspecified atom stereocenters. The fourth-order valence-electron chi connectivity index (χ4n) is 1.04. The van der Waals surface area contributed by atoms with Gasteiger partial charge in [0.15, 0.2) is 0 Å². The number of benzene rings is 1. The Labute approximate surface area is 111 Å². The van der Waals surface area contributed by atoms with Crippen molar-refractivity contribution < 1.29 is 22.1 Å². The Hall–Kier alpha value is -2.52. The van der Waals surface area contributed by atoms with Crippen molar-refractivity contribution in [3.05, 3.63) is 48.9 Å². The van der Waals surface area contributed by atoms with Crippen molar-refractivity contribution in [3.8, 4) is 0 Å². The summed E-state index contributed by atoms with van der Waals surface area (Å²) in [5, 5.41) is 10.3. The number of fused-ring (bicyclic) bond motifs is 1. The molecular formula is C10H10BF4N4O-. The second kappa shape index (κ2) is 7.82. The first-order chi connectivity index (χ1) is 9.47. The smallest absolute Gasteiger partial charge is 0.418 e. The third kappa shape index (κ3) is 7.74. The standard InChI is InChI=1S/C6H5N3.C4H5NO.BF4/c1-2-4-6-5(3-1)7-9-8-6;1-2-4-6-5-3-1;2-1(3,4)5/h1-4H,(H,7,8,9);1-5H;/q;;-1. The molecule has 2 N–H and O–H groups in total. The minimum atomic E-state index is -6.00. The number of halogens is 4. The van der Waals surface area contributed by atoms with Crippen LogP contribution in [0, 0.1) is 0 Å². The van der Waals surface area contributed by atoms with Crippen LogP contribution in [0.5, 0.6) is 0 Å². The predicted molar refractivity (Wildman–Crippen MR) is 66.6 cm³/mol. The van der Waals surface area contributed by atoms with Gasteiger partial charge in [-0.2, -0.15) is 15.4 Å². The first-order valence-corrected chi connectivity index (χ1v) is 5.32. The Kier molecular flexibility index (Phi) is 6.08. The van der Waals surface area contributed by atoms with E-state index in [4.69, 9.17) is 0 Å². The van der Waals surface area contributed by atoms with Crippen LogP contribution in [0.15, 0.2) is 48.9 Å². The molecule has 0 bridgehead atoms. The number of aromatic nitrogens is 3. The van der Waals surface area contributed by atoms with E-state index in [-0.39, 0.29) is 0 Å². The highest BCUT2D eigenvalue weighted by atomic mass is 19.5. The first-order valence-electron chi connectivity index (χ1n) is 5.32. The molecule has 0 radical (unpaired) electrons. The summed E-state index contributed by atoms with van der Waals surface area (Å²) in [5.74, 6) is 0. The molecule has 2 aromatic rings. The SMILES string of the molecule is C1=CNOC=C1.F[B-](F)(F)F.c1ccc2n[nH]nc2c1. The van der Waals surface area contributed by atoms with Gasteiger partial charge in [0.1, 0.15) is 17.3 Å². The van der Waals surface area contributed by atoms with Crippen molar-refractivity contribution >= 4 is 18.3 Å². The lowest BCUT2D eigenvalue weighted by Crippen LogP contribution is -2.02. The third-order valence-electron chi connectivity index (χ3n) is 1.71. The van der Waals surface area contributed by atoms with Crippen LogP contribution >= 0.6 is 0 Å². The Morgan fingerprint density at radius 2 is 1.50 bits per heavy atom. The molecule has 2 heterocycles. The van der Waals surface area contributed by atoms with Crippen molar-refractivity contribution in [2.45, 2.75) is 0 Å². The number of hydroxylamine groups is 1. The van der Waals surface area contributed by atoms with E-state index >= 15 is 0 Å². The number of H-pyrrole nitrogens is 1. The molecule has 1 aliphatic rings. The maximum absolute atomic E-state index is 9.75. The van der Waals surface area contributed by atoms with Crippen molar-refractivity contribution in [2.24, 2.45) is 0 Å². The van der Waals surface area contributed by atoms with Gasteiger partial charge in [0.05, 0.1) is 0 Å². The molecule has 108 valence electrons. The summed E-state index contributed by atoms with van der Waals surface area (Å²) in [6.07, 6.45) is 6.93. The highest BCUT2D eigenvalue weighted by Gasteiger charge is 2.20. The van der Waals surface area contributed by atoms with Crippen LogP contribution in [0.25, 0.3) is 11.0 Å². The molecule has 3 rings (SSSR count). The second-order valence-corrected chi connectivity index (χ2v) is 3.23. The molecule has 0 aliphatic carbocycles. The number of nitrogens with one attached hydrogen (secondary N) is 2. The number of nitrogens with zero attached hydrogens (tertiary/aromatic N) is 2. The normalized spacial score (nSPS) is 12.4. The monoisotopic (exact) mass is 289 g/mol. The van der Waals surface area contributed by atoms with E-state index in [2.05, 4.69) is 25.7 Å². The van der Waals surface area contributed by atoms with Gasteiger partial charge in [-0.1, -0.05) is 12.1 Å². The van der Waals surface area contributed by atoms with Gasteiger partial charge in [-0.05, 0) is 24.3 Å². The molecule has 1 aliphatic heterocycles. The summed E-state index contributed by atoms with van der Waals surface area (Å²) < 4.78 is 39.0. The van der Waals surface area contributed by atoms with Crippen LogP contribution in [0.4, 0.5) is 17.3 Å². The molecule has 0 fully saturated rings. The zero-order valence-corrected chi connectivity index (χ0v) is 10.0. The average molecular weight is 289 g/mol. The minimum absolute atomic E-state index is 0.914. The lowest BCUT2D eigenvalue weighted by Gasteiger charge is -1.97. The molecule has 20 heavy (non-hydrogen) atoms. The fourth-order valence-corrected chi connectivity index (χ4v) is 1.04. The topological polar surface area (TPSA) is 62.8 Å². The lowest BCUT2D eigenvalue weighted by atomic mass is 10.3. The first kappa shape index (κ1) is 15.5. The Bertz CT molecular complexity index is 521. The van der Waals surface area contributed by atoms with Gasteiger partial charge in [-0.15, -0.1) is 0 Å². The maximum Gasteiger partial charge on any atom is 0.673 e. The summed E-state index contributed by atoms with van der Waals surface area (Å²) in [6, 6.07) is 7.70. The molecule has 1 aromatic heterocycles. The van der Waals surface area contributed by atoms with E-state index in [9.17, 15) is 17.3 Å². The highest BCUT2D eigenvalue weighted by Crippen LogP contribution is 2.06. The molecule has 0 saturated carbocycles. The van der Waals surface area contributed by atoms with E-state index in [1.54, 1.807) is 18.5 Å². The Morgan fingerprint density at radius 1 is 0.950 bits per heavy atom. The van der Waals surface area contributed by atoms with E-state index in [0.717, 1.165) is 11.0 Å². The van der Waals surface area contributed by atoms with Gasteiger partial charge in [-0.25, -0.2) is 5.48 Å². The highest BCUT2D eigenvalue weighted by molar-refractivity contribution is 6.50. The van der Waals surface area contributed by atoms with E-state index in [1.807, 2.05) is 30.3 Å². The zero-order chi connectivity index (χ0) is 14.8. The fraction of sp³-hybridized carbons (Fsp3) is 0. The van der Waals surface area contributed by atoms with Crippen molar-refractivity contribution in [1.82, 2.24) is 20.9 Å². The van der Waals surface area contributed by atoms with Gasteiger partial charge in [0.2, 0.25) is 0 Å². The molecule has 0 amide bonds. The van der Waals surface area contributed by atoms with Crippen LogP contribution in [-0.4, -0.2) is 22.7 Å². The molecule has 0 saturated heterocycles. The average Bonchev–Trinajstić information content (AvgIpc) is 2.88. The van der Waals surface area contributed by atoms with E-state index < -0.39 is 7.25 Å². The van der Waals surface area contributed by atoms with Crippen LogP contribution in [-0.2, 0) is 4.84 Å². The van der Waals surface area contributed by atoms with E-state index in [1.165, 1.54) is 0 Å². The molecule has 1 aromatic carbocycles. The van der Waals surface area contributed by atoms with Gasteiger partial charge in [-0.3, -0.25) is 0 Å². The summed E-state index contributed by atoms with van der Waals surface area (Å²) in [5.41, 5.74) is 4.35. The number of aromatic amines is 1. The quantitative estimate of drug-likeness (QED) is 0.578. The lowest BCUT2D eigenvalue weighted by molar-refractivity contribution is 0.172. The molecule has 5 nitrogen and oxygen atoms in total. The van der Waals surface area contributed by atoms with Gasteiger partial charge in [0, 0.05) is 6.20 Å². The summed E-state index contributed by atoms with van der Waals surface area (Å²) in [4.78, 5) is 4.55. The van der Waals surface area contributed by atoms with Crippen molar-refractivity contribution in [1.29, 1.82) is 0 Å². The Balaban J connectivity index is 0.000000160. The number of para-hydroxylation sites is 2. The van der Waals surface area contributed by atoms with Gasteiger partial charge >= 0.3 is 7.25 Å². The van der Waals surface area contributed by atoms with Crippen LogP contribution in [0.2, 0.25) is 0 Å². The zero-order valence-electron chi connectivity index (χ0n) is 10.0. The molecule has 10 heteroatoms. The van der Waals surface area contributed by atoms with E-state index in [0.29, 0.717) is 0 Å². The van der Waals surface area contributed by atoms with Crippen molar-refractivity contribution in [2.75, 3.05) is 0 Å². The van der Waals surface area contributed by atoms with Crippen LogP contribution < -0.4 is 5.48 Å². The van der Waals surface area contributed by atoms with Crippen LogP contribution in [0.3, 0.4) is 0 Å². The number of allylic oxidation sites excluding steroid dienone is 2. The number of hydrogen-bond acceptors (Lipinski definition) is 4. The Morgan fingerprint density at radius 3 is 1.80 bits per heavy atom. The minimum Gasteiger partial charge on any atom is -0.418 e. The predicted octanol–water partition coefficient (Wildman–Crippen LogP) is 2.81. The molecule has 0 atom stereocenters. The second-order valence-electron chi connectivity index (χ2n) is 3.23. The third-order valence-corrected chi connectivity index (χ3v) is 1.71. The van der Waals surface area contributed by atoms with Gasteiger partial charge < -0.3 is 22.1 Å². The summed E-state index contributed by atoms with van der Waals surface area (Å²) in [6.45, 7) is 0. The van der Waals surface area contributed by atoms with Gasteiger partial charge in [0.25, 0.3) is 0 Å². The summed E-state index contributed by atoms with van der Waals surface area (Å²) >= 11 is 0. The molecule has 0 spiro atoms. The largest absolute Gasteiger partial charge is 0.673 e. The summed E-state index contributed by atoms with van der Waals surface area (Å²) in [7, 11) is -6.00. The molecular weight excluding hydrogens is 279 g/mol. The number of hydrogen-bond donors (Lipinski definition) is 2. The number of rotatable bonds is 0. The van der Waals surface area contributed by atoms with Crippen LogP contribution in [0.1, 0.15) is 0 Å². The van der Waals surface area contributed by atoms with Crippen molar-refractivity contribution in [3.63, 3.8) is 0 Å².